The Balaban J connectivity index is 2.14. The third kappa shape index (κ3) is 2.53. The highest BCUT2D eigenvalue weighted by molar-refractivity contribution is 5.39. The molecule has 94 valence electrons. The van der Waals surface area contributed by atoms with E-state index in [0.717, 1.165) is 5.56 Å². The highest BCUT2D eigenvalue weighted by Crippen LogP contribution is 2.17. The molecule has 18 heavy (non-hydrogen) atoms. The van der Waals surface area contributed by atoms with Gasteiger partial charge in [0.2, 0.25) is 5.88 Å². The second-order valence-corrected chi connectivity index (χ2v) is 3.65. The number of pyridine rings is 1. The standard InChI is InChI=1S/C12H13FN4O/c1-8-10(13)11(17-7-16-8)15-6-9-4-3-5-14-12(9)18-2/h3-5,7H,6H2,1-2H3,(H,15,16,17). The Morgan fingerprint density at radius 2 is 2.17 bits per heavy atom. The maximum absolute atomic E-state index is 13.7. The largest absolute Gasteiger partial charge is 0.481 e. The van der Waals surface area contributed by atoms with Crippen molar-refractivity contribution in [3.8, 4) is 5.88 Å². The van der Waals surface area contributed by atoms with E-state index in [-0.39, 0.29) is 5.82 Å². The molecule has 0 bridgehead atoms. The highest BCUT2D eigenvalue weighted by Gasteiger charge is 2.08. The first-order valence-corrected chi connectivity index (χ1v) is 5.41. The van der Waals surface area contributed by atoms with Crippen molar-refractivity contribution in [2.45, 2.75) is 13.5 Å². The summed E-state index contributed by atoms with van der Waals surface area (Å²) in [6.45, 7) is 1.97. The molecule has 6 heteroatoms. The summed E-state index contributed by atoms with van der Waals surface area (Å²) in [5, 5.41) is 2.90. The number of hydrogen-bond donors (Lipinski definition) is 1. The van der Waals surface area contributed by atoms with E-state index in [1.165, 1.54) is 6.33 Å². The van der Waals surface area contributed by atoms with E-state index in [2.05, 4.69) is 20.3 Å². The molecule has 0 unspecified atom stereocenters. The Hall–Kier alpha value is -2.24. The molecular formula is C12H13FN4O. The van der Waals surface area contributed by atoms with Crippen LogP contribution < -0.4 is 10.1 Å². The van der Waals surface area contributed by atoms with Crippen molar-refractivity contribution in [2.75, 3.05) is 12.4 Å². The topological polar surface area (TPSA) is 59.9 Å². The molecule has 1 N–H and O–H groups in total. The molecule has 0 aliphatic heterocycles. The lowest BCUT2D eigenvalue weighted by Gasteiger charge is -2.09. The summed E-state index contributed by atoms with van der Waals surface area (Å²) in [5.41, 5.74) is 1.14. The third-order valence-electron chi connectivity index (χ3n) is 2.45. The van der Waals surface area contributed by atoms with Crippen LogP contribution in [0.4, 0.5) is 10.2 Å². The van der Waals surface area contributed by atoms with Crippen LogP contribution in [0.15, 0.2) is 24.7 Å². The smallest absolute Gasteiger partial charge is 0.218 e. The predicted molar refractivity (Wildman–Crippen MR) is 64.8 cm³/mol. The van der Waals surface area contributed by atoms with Crippen LogP contribution in [-0.2, 0) is 6.54 Å². The van der Waals surface area contributed by atoms with Crippen molar-refractivity contribution in [1.82, 2.24) is 15.0 Å². The van der Waals surface area contributed by atoms with E-state index in [1.54, 1.807) is 26.3 Å². The molecule has 0 aliphatic carbocycles. The minimum Gasteiger partial charge on any atom is -0.481 e. The first kappa shape index (κ1) is 12.2. The second kappa shape index (κ2) is 5.39. The molecule has 0 radical (unpaired) electrons. The van der Waals surface area contributed by atoms with Crippen molar-refractivity contribution in [1.29, 1.82) is 0 Å². The van der Waals surface area contributed by atoms with Gasteiger partial charge in [-0.25, -0.2) is 19.3 Å². The van der Waals surface area contributed by atoms with E-state index in [1.807, 2.05) is 6.07 Å². The zero-order valence-corrected chi connectivity index (χ0v) is 10.1. The molecule has 2 rings (SSSR count). The lowest BCUT2D eigenvalue weighted by molar-refractivity contribution is 0.393. The van der Waals surface area contributed by atoms with Gasteiger partial charge in [0.1, 0.15) is 6.33 Å². The van der Waals surface area contributed by atoms with E-state index in [0.29, 0.717) is 18.1 Å². The van der Waals surface area contributed by atoms with Gasteiger partial charge in [-0.1, -0.05) is 6.07 Å². The molecule has 0 aliphatic rings. The number of nitrogens with one attached hydrogen (secondary N) is 1. The molecule has 0 aromatic carbocycles. The van der Waals surface area contributed by atoms with Gasteiger partial charge in [-0.05, 0) is 13.0 Å². The molecule has 0 saturated heterocycles. The van der Waals surface area contributed by atoms with Crippen molar-refractivity contribution in [3.63, 3.8) is 0 Å². The van der Waals surface area contributed by atoms with Crippen LogP contribution in [0.5, 0.6) is 5.88 Å². The number of ether oxygens (including phenoxy) is 1. The zero-order chi connectivity index (χ0) is 13.0. The number of rotatable bonds is 4. The van der Waals surface area contributed by atoms with Gasteiger partial charge >= 0.3 is 0 Å². The van der Waals surface area contributed by atoms with Crippen LogP contribution in [0.1, 0.15) is 11.3 Å². The Morgan fingerprint density at radius 1 is 1.33 bits per heavy atom. The van der Waals surface area contributed by atoms with Gasteiger partial charge in [-0.3, -0.25) is 0 Å². The molecule has 2 aromatic rings. The van der Waals surface area contributed by atoms with Crippen LogP contribution >= 0.6 is 0 Å². The van der Waals surface area contributed by atoms with E-state index >= 15 is 0 Å². The van der Waals surface area contributed by atoms with Gasteiger partial charge in [-0.2, -0.15) is 0 Å². The Bertz CT molecular complexity index is 547. The number of aromatic nitrogens is 3. The summed E-state index contributed by atoms with van der Waals surface area (Å²) in [7, 11) is 1.54. The summed E-state index contributed by atoms with van der Waals surface area (Å²) < 4.78 is 18.8. The molecule has 2 aromatic heterocycles. The monoisotopic (exact) mass is 248 g/mol. The average molecular weight is 248 g/mol. The number of aryl methyl sites for hydroxylation is 1. The Kier molecular flexibility index (Phi) is 3.66. The van der Waals surface area contributed by atoms with Crippen LogP contribution in [0.25, 0.3) is 0 Å². The summed E-state index contributed by atoms with van der Waals surface area (Å²) in [5.74, 6) is 0.241. The number of nitrogens with zero attached hydrogens (tertiary/aromatic N) is 3. The number of halogens is 1. The van der Waals surface area contributed by atoms with Gasteiger partial charge in [0.15, 0.2) is 11.6 Å². The molecular weight excluding hydrogens is 235 g/mol. The van der Waals surface area contributed by atoms with E-state index < -0.39 is 5.82 Å². The summed E-state index contributed by atoms with van der Waals surface area (Å²) >= 11 is 0. The van der Waals surface area contributed by atoms with Crippen molar-refractivity contribution in [3.05, 3.63) is 41.7 Å². The number of methoxy groups -OCH3 is 1. The van der Waals surface area contributed by atoms with Crippen LogP contribution in [-0.4, -0.2) is 22.1 Å². The van der Waals surface area contributed by atoms with Crippen LogP contribution in [0.2, 0.25) is 0 Å². The number of hydrogen-bond acceptors (Lipinski definition) is 5. The first-order valence-electron chi connectivity index (χ1n) is 5.41. The van der Waals surface area contributed by atoms with E-state index in [4.69, 9.17) is 4.74 Å². The molecule has 0 saturated carbocycles. The molecule has 0 atom stereocenters. The van der Waals surface area contributed by atoms with Gasteiger partial charge in [0, 0.05) is 18.3 Å². The Labute approximate surface area is 104 Å². The van der Waals surface area contributed by atoms with Crippen molar-refractivity contribution in [2.24, 2.45) is 0 Å². The first-order chi connectivity index (χ1) is 8.72. The van der Waals surface area contributed by atoms with Gasteiger partial charge in [0.25, 0.3) is 0 Å². The summed E-state index contributed by atoms with van der Waals surface area (Å²) in [6.07, 6.45) is 2.96. The fourth-order valence-electron chi connectivity index (χ4n) is 1.50. The van der Waals surface area contributed by atoms with Crippen molar-refractivity contribution < 1.29 is 9.13 Å². The van der Waals surface area contributed by atoms with Crippen LogP contribution in [0.3, 0.4) is 0 Å². The lowest BCUT2D eigenvalue weighted by atomic mass is 10.2. The maximum atomic E-state index is 13.7. The predicted octanol–water partition coefficient (Wildman–Crippen LogP) is 1.94. The lowest BCUT2D eigenvalue weighted by Crippen LogP contribution is -2.07. The molecule has 0 fully saturated rings. The molecule has 5 nitrogen and oxygen atoms in total. The van der Waals surface area contributed by atoms with E-state index in [9.17, 15) is 4.39 Å². The molecule has 0 amide bonds. The molecule has 0 spiro atoms. The summed E-state index contributed by atoms with van der Waals surface area (Å²) in [4.78, 5) is 11.7. The third-order valence-corrected chi connectivity index (χ3v) is 2.45. The fourth-order valence-corrected chi connectivity index (χ4v) is 1.50. The fraction of sp³-hybridized carbons (Fsp3) is 0.250. The zero-order valence-electron chi connectivity index (χ0n) is 10.1. The van der Waals surface area contributed by atoms with Gasteiger partial charge in [0.05, 0.1) is 12.8 Å². The average Bonchev–Trinajstić information content (AvgIpc) is 2.41. The second-order valence-electron chi connectivity index (χ2n) is 3.65. The van der Waals surface area contributed by atoms with Gasteiger partial charge in [-0.15, -0.1) is 0 Å². The molecule has 2 heterocycles. The minimum absolute atomic E-state index is 0.174. The normalized spacial score (nSPS) is 10.2. The maximum Gasteiger partial charge on any atom is 0.218 e. The van der Waals surface area contributed by atoms with Crippen LogP contribution in [0, 0.1) is 12.7 Å². The summed E-state index contributed by atoms with van der Waals surface area (Å²) in [6, 6.07) is 3.64. The number of anilines is 1. The van der Waals surface area contributed by atoms with Crippen molar-refractivity contribution >= 4 is 5.82 Å². The van der Waals surface area contributed by atoms with Gasteiger partial charge < -0.3 is 10.1 Å². The Morgan fingerprint density at radius 3 is 2.94 bits per heavy atom. The highest BCUT2D eigenvalue weighted by atomic mass is 19.1. The SMILES string of the molecule is COc1ncccc1CNc1ncnc(C)c1F. The minimum atomic E-state index is -0.444. The quantitative estimate of drug-likeness (QED) is 0.896.